The highest BCUT2D eigenvalue weighted by atomic mass is 79.9. The first-order valence-electron chi connectivity index (χ1n) is 4.92. The van der Waals surface area contributed by atoms with Crippen molar-refractivity contribution in [1.29, 1.82) is 0 Å². The predicted molar refractivity (Wildman–Crippen MR) is 69.4 cm³/mol. The molecule has 17 heavy (non-hydrogen) atoms. The lowest BCUT2D eigenvalue weighted by Gasteiger charge is -2.09. The molecule has 1 heterocycles. The Hall–Kier alpha value is -1.75. The summed E-state index contributed by atoms with van der Waals surface area (Å²) in [6.07, 6.45) is 1.60. The molecule has 1 aromatic carbocycles. The molecule has 0 bridgehead atoms. The molecule has 4 nitrogen and oxygen atoms in total. The Morgan fingerprint density at radius 3 is 2.65 bits per heavy atom. The number of halogens is 1. The zero-order valence-electron chi connectivity index (χ0n) is 9.18. The molecule has 88 valence electrons. The molecule has 0 aliphatic rings. The molecule has 2 rings (SSSR count). The van der Waals surface area contributed by atoms with Crippen LogP contribution in [0.4, 0.5) is 5.82 Å². The van der Waals surface area contributed by atoms with E-state index in [4.69, 9.17) is 15.2 Å². The van der Waals surface area contributed by atoms with Crippen molar-refractivity contribution in [2.75, 3.05) is 12.8 Å². The highest BCUT2D eigenvalue weighted by Crippen LogP contribution is 2.32. The number of nitrogen functional groups attached to an aromatic ring is 1. The van der Waals surface area contributed by atoms with Gasteiger partial charge in [-0.15, -0.1) is 0 Å². The number of ether oxygens (including phenoxy) is 2. The maximum Gasteiger partial charge on any atom is 0.141 e. The molecule has 0 unspecified atom stereocenters. The van der Waals surface area contributed by atoms with E-state index in [-0.39, 0.29) is 0 Å². The van der Waals surface area contributed by atoms with Crippen molar-refractivity contribution in [3.05, 3.63) is 41.0 Å². The highest BCUT2D eigenvalue weighted by Gasteiger charge is 2.04. The van der Waals surface area contributed by atoms with Crippen molar-refractivity contribution in [2.24, 2.45) is 0 Å². The maximum absolute atomic E-state index is 5.67. The van der Waals surface area contributed by atoms with Crippen LogP contribution in [0.3, 0.4) is 0 Å². The smallest absolute Gasteiger partial charge is 0.141 e. The summed E-state index contributed by atoms with van der Waals surface area (Å²) in [5.74, 6) is 2.52. The van der Waals surface area contributed by atoms with Crippen LogP contribution in [0.1, 0.15) is 0 Å². The van der Waals surface area contributed by atoms with Gasteiger partial charge in [-0.05, 0) is 40.2 Å². The van der Waals surface area contributed by atoms with Crippen molar-refractivity contribution >= 4 is 21.7 Å². The number of anilines is 1. The summed E-state index contributed by atoms with van der Waals surface area (Å²) in [5, 5.41) is 0. The quantitative estimate of drug-likeness (QED) is 0.944. The summed E-state index contributed by atoms with van der Waals surface area (Å²) >= 11 is 3.41. The zero-order valence-corrected chi connectivity index (χ0v) is 10.8. The van der Waals surface area contributed by atoms with Crippen LogP contribution in [0.2, 0.25) is 0 Å². The fraction of sp³-hybridized carbons (Fsp3) is 0.0833. The number of benzene rings is 1. The number of pyridine rings is 1. The Morgan fingerprint density at radius 1 is 1.18 bits per heavy atom. The monoisotopic (exact) mass is 294 g/mol. The van der Waals surface area contributed by atoms with Gasteiger partial charge in [-0.25, -0.2) is 4.98 Å². The number of nitrogens with two attached hydrogens (primary N) is 1. The van der Waals surface area contributed by atoms with Gasteiger partial charge in [0.15, 0.2) is 0 Å². The number of methoxy groups -OCH3 is 1. The molecule has 0 saturated carbocycles. The first-order valence-corrected chi connectivity index (χ1v) is 5.71. The molecule has 1 aromatic heterocycles. The van der Waals surface area contributed by atoms with Gasteiger partial charge in [-0.2, -0.15) is 0 Å². The minimum Gasteiger partial charge on any atom is -0.497 e. The second kappa shape index (κ2) is 5.05. The Balaban J connectivity index is 2.24. The molecule has 0 atom stereocenters. The Morgan fingerprint density at radius 2 is 2.00 bits per heavy atom. The van der Waals surface area contributed by atoms with E-state index in [0.29, 0.717) is 17.3 Å². The van der Waals surface area contributed by atoms with E-state index in [0.717, 1.165) is 10.2 Å². The van der Waals surface area contributed by atoms with E-state index < -0.39 is 0 Å². The first kappa shape index (κ1) is 11.7. The third-order valence-electron chi connectivity index (χ3n) is 2.12. The zero-order chi connectivity index (χ0) is 12.3. The van der Waals surface area contributed by atoms with E-state index in [9.17, 15) is 0 Å². The molecule has 0 fully saturated rings. The SMILES string of the molecule is COc1ccc(Oc2ccnc(N)c2)c(Br)c1. The van der Waals surface area contributed by atoms with E-state index in [2.05, 4.69) is 20.9 Å². The molecule has 0 amide bonds. The Kier molecular flexibility index (Phi) is 3.49. The van der Waals surface area contributed by atoms with Crippen LogP contribution in [0, 0.1) is 0 Å². The highest BCUT2D eigenvalue weighted by molar-refractivity contribution is 9.10. The molecule has 5 heteroatoms. The number of nitrogens with zero attached hydrogens (tertiary/aromatic N) is 1. The molecule has 0 spiro atoms. The van der Waals surface area contributed by atoms with Crippen LogP contribution in [-0.4, -0.2) is 12.1 Å². The van der Waals surface area contributed by atoms with Crippen molar-refractivity contribution in [3.8, 4) is 17.2 Å². The maximum atomic E-state index is 5.67. The van der Waals surface area contributed by atoms with E-state index in [1.807, 2.05) is 18.2 Å². The van der Waals surface area contributed by atoms with Gasteiger partial charge < -0.3 is 15.2 Å². The number of aromatic nitrogens is 1. The summed E-state index contributed by atoms with van der Waals surface area (Å²) in [5.41, 5.74) is 5.57. The van der Waals surface area contributed by atoms with Gasteiger partial charge in [0.1, 0.15) is 23.1 Å². The van der Waals surface area contributed by atoms with E-state index >= 15 is 0 Å². The third-order valence-corrected chi connectivity index (χ3v) is 2.74. The topological polar surface area (TPSA) is 57.4 Å². The van der Waals surface area contributed by atoms with Crippen LogP contribution < -0.4 is 15.2 Å². The first-order chi connectivity index (χ1) is 8.19. The molecule has 2 N–H and O–H groups in total. The second-order valence-electron chi connectivity index (χ2n) is 3.31. The van der Waals surface area contributed by atoms with Gasteiger partial charge in [-0.3, -0.25) is 0 Å². The molecule has 0 aliphatic heterocycles. The summed E-state index contributed by atoms with van der Waals surface area (Å²) in [6.45, 7) is 0. The lowest BCUT2D eigenvalue weighted by Crippen LogP contribution is -1.91. The van der Waals surface area contributed by atoms with Gasteiger partial charge in [0.2, 0.25) is 0 Å². The molecular weight excluding hydrogens is 284 g/mol. The normalized spacial score (nSPS) is 10.0. The van der Waals surface area contributed by atoms with Gasteiger partial charge in [0.25, 0.3) is 0 Å². The van der Waals surface area contributed by atoms with Gasteiger partial charge in [0, 0.05) is 12.3 Å². The van der Waals surface area contributed by atoms with E-state index in [1.54, 1.807) is 25.4 Å². The molecule has 0 saturated heterocycles. The summed E-state index contributed by atoms with van der Waals surface area (Å²) in [7, 11) is 1.62. The van der Waals surface area contributed by atoms with Crippen LogP contribution in [0.15, 0.2) is 41.0 Å². The van der Waals surface area contributed by atoms with Crippen molar-refractivity contribution in [3.63, 3.8) is 0 Å². The van der Waals surface area contributed by atoms with Crippen LogP contribution >= 0.6 is 15.9 Å². The summed E-state index contributed by atoms with van der Waals surface area (Å²) in [4.78, 5) is 3.90. The minimum absolute atomic E-state index is 0.423. The minimum atomic E-state index is 0.423. The lowest BCUT2D eigenvalue weighted by molar-refractivity contribution is 0.412. The Bertz CT molecular complexity index is 532. The van der Waals surface area contributed by atoms with Crippen molar-refractivity contribution in [2.45, 2.75) is 0 Å². The molecule has 2 aromatic rings. The Labute approximate surface area is 108 Å². The van der Waals surface area contributed by atoms with Gasteiger partial charge >= 0.3 is 0 Å². The van der Waals surface area contributed by atoms with Crippen LogP contribution in [0.5, 0.6) is 17.2 Å². The lowest BCUT2D eigenvalue weighted by atomic mass is 10.3. The number of hydrogen-bond donors (Lipinski definition) is 1. The standard InChI is InChI=1S/C12H11BrN2O2/c1-16-8-2-3-11(10(13)6-8)17-9-4-5-15-12(14)7-9/h2-7H,1H3,(H2,14,15). The molecule has 0 radical (unpaired) electrons. The fourth-order valence-electron chi connectivity index (χ4n) is 1.31. The van der Waals surface area contributed by atoms with Gasteiger partial charge in [0.05, 0.1) is 11.6 Å². The molecular formula is C12H11BrN2O2. The average Bonchev–Trinajstić information content (AvgIpc) is 2.32. The molecule has 0 aliphatic carbocycles. The largest absolute Gasteiger partial charge is 0.497 e. The van der Waals surface area contributed by atoms with Crippen LogP contribution in [-0.2, 0) is 0 Å². The number of rotatable bonds is 3. The predicted octanol–water partition coefficient (Wildman–Crippen LogP) is 3.23. The van der Waals surface area contributed by atoms with Crippen LogP contribution in [0.25, 0.3) is 0 Å². The summed E-state index contributed by atoms with van der Waals surface area (Å²) < 4.78 is 11.6. The van der Waals surface area contributed by atoms with Crippen molar-refractivity contribution < 1.29 is 9.47 Å². The van der Waals surface area contributed by atoms with Gasteiger partial charge in [-0.1, -0.05) is 0 Å². The fourth-order valence-corrected chi connectivity index (χ4v) is 1.75. The number of hydrogen-bond acceptors (Lipinski definition) is 4. The van der Waals surface area contributed by atoms with Crippen molar-refractivity contribution in [1.82, 2.24) is 4.98 Å². The van der Waals surface area contributed by atoms with E-state index in [1.165, 1.54) is 0 Å². The second-order valence-corrected chi connectivity index (χ2v) is 4.17. The average molecular weight is 295 g/mol. The summed E-state index contributed by atoms with van der Waals surface area (Å²) in [6, 6.07) is 8.88. The third kappa shape index (κ3) is 2.88.